The summed E-state index contributed by atoms with van der Waals surface area (Å²) in [6, 6.07) is 4.96. The molecule has 0 bridgehead atoms. The van der Waals surface area contributed by atoms with Crippen LogP contribution in [0.25, 0.3) is 0 Å². The van der Waals surface area contributed by atoms with Gasteiger partial charge in [-0.25, -0.2) is 0 Å². The Kier molecular flexibility index (Phi) is 9.04. The summed E-state index contributed by atoms with van der Waals surface area (Å²) in [6.45, 7) is 0. The van der Waals surface area contributed by atoms with E-state index in [-0.39, 0.29) is 18.0 Å². The van der Waals surface area contributed by atoms with Gasteiger partial charge in [-0.15, -0.1) is 0 Å². The minimum Gasteiger partial charge on any atom is -0.481 e. The fourth-order valence-corrected chi connectivity index (χ4v) is 2.02. The van der Waals surface area contributed by atoms with Gasteiger partial charge in [-0.05, 0) is 25.0 Å². The summed E-state index contributed by atoms with van der Waals surface area (Å²) >= 11 is 0. The summed E-state index contributed by atoms with van der Waals surface area (Å²) in [5.41, 5.74) is 4.93. The Balaban J connectivity index is 2.00. The summed E-state index contributed by atoms with van der Waals surface area (Å²) in [4.78, 5) is 37.4. The van der Waals surface area contributed by atoms with Crippen molar-refractivity contribution in [3.8, 4) is 0 Å². The summed E-state index contributed by atoms with van der Waals surface area (Å²) in [6.07, 6.45) is 7.29. The smallest absolute Gasteiger partial charge is 0.303 e. The molecule has 0 saturated carbocycles. The Bertz CT molecular complexity index is 505. The number of pyridine rings is 1. The van der Waals surface area contributed by atoms with E-state index >= 15 is 0 Å². The van der Waals surface area contributed by atoms with Crippen LogP contribution >= 0.6 is 0 Å². The van der Waals surface area contributed by atoms with Crippen LogP contribution < -0.4 is 10.9 Å². The van der Waals surface area contributed by atoms with Crippen LogP contribution in [0.3, 0.4) is 0 Å². The van der Waals surface area contributed by atoms with Gasteiger partial charge in [0.05, 0.1) is 0 Å². The molecule has 1 heterocycles. The topological polar surface area (TPSA) is 108 Å². The molecular formula is C16H23N3O4. The zero-order chi connectivity index (χ0) is 16.9. The standard InChI is InChI=1S/C16H23N3O4/c20-14(10-5-3-1-2-4-6-11-15(21)22)18-19-16(23)13-9-7-8-12-17-13/h7-9,12H,1-6,10-11H2,(H,18,20)(H,19,23)(H,21,22). The average Bonchev–Trinajstić information content (AvgIpc) is 2.55. The van der Waals surface area contributed by atoms with E-state index in [0.29, 0.717) is 12.8 Å². The van der Waals surface area contributed by atoms with Crippen molar-refractivity contribution < 1.29 is 19.5 Å². The highest BCUT2D eigenvalue weighted by Crippen LogP contribution is 2.08. The summed E-state index contributed by atoms with van der Waals surface area (Å²) in [5, 5.41) is 8.50. The Morgan fingerprint density at radius 3 is 2.17 bits per heavy atom. The van der Waals surface area contributed by atoms with Crippen molar-refractivity contribution in [2.75, 3.05) is 0 Å². The maximum absolute atomic E-state index is 11.6. The molecule has 0 aliphatic carbocycles. The number of hydrogen-bond acceptors (Lipinski definition) is 4. The average molecular weight is 321 g/mol. The Hall–Kier alpha value is -2.44. The third kappa shape index (κ3) is 9.23. The molecule has 0 radical (unpaired) electrons. The maximum atomic E-state index is 11.6. The van der Waals surface area contributed by atoms with Crippen LogP contribution in [0.15, 0.2) is 24.4 Å². The SMILES string of the molecule is O=C(O)CCCCCCCCC(=O)NNC(=O)c1ccccn1. The van der Waals surface area contributed by atoms with Crippen molar-refractivity contribution in [3.05, 3.63) is 30.1 Å². The predicted molar refractivity (Wildman–Crippen MR) is 84.4 cm³/mol. The third-order valence-corrected chi connectivity index (χ3v) is 3.26. The van der Waals surface area contributed by atoms with Gasteiger partial charge in [0.2, 0.25) is 5.91 Å². The second-order valence-electron chi connectivity index (χ2n) is 5.23. The second kappa shape index (κ2) is 11.2. The number of rotatable bonds is 10. The Morgan fingerprint density at radius 2 is 1.57 bits per heavy atom. The molecule has 0 fully saturated rings. The van der Waals surface area contributed by atoms with Crippen molar-refractivity contribution >= 4 is 17.8 Å². The molecule has 0 aliphatic rings. The summed E-state index contributed by atoms with van der Waals surface area (Å²) in [5.74, 6) is -1.44. The number of nitrogens with zero attached hydrogens (tertiary/aromatic N) is 1. The van der Waals surface area contributed by atoms with Gasteiger partial charge in [-0.2, -0.15) is 0 Å². The molecule has 7 nitrogen and oxygen atoms in total. The molecule has 126 valence electrons. The quantitative estimate of drug-likeness (QED) is 0.451. The van der Waals surface area contributed by atoms with Gasteiger partial charge in [0.25, 0.3) is 5.91 Å². The lowest BCUT2D eigenvalue weighted by Gasteiger charge is -2.06. The number of nitrogens with one attached hydrogen (secondary N) is 2. The number of carboxylic acid groups (broad SMARTS) is 1. The molecule has 0 unspecified atom stereocenters. The van der Waals surface area contributed by atoms with Crippen LogP contribution in [0.4, 0.5) is 0 Å². The number of hydrazine groups is 1. The van der Waals surface area contributed by atoms with Crippen LogP contribution in [0.5, 0.6) is 0 Å². The number of carbonyl (C=O) groups excluding carboxylic acids is 2. The molecule has 1 aromatic heterocycles. The zero-order valence-corrected chi connectivity index (χ0v) is 13.1. The van der Waals surface area contributed by atoms with Crippen LogP contribution in [-0.2, 0) is 9.59 Å². The van der Waals surface area contributed by atoms with E-state index < -0.39 is 11.9 Å². The maximum Gasteiger partial charge on any atom is 0.303 e. The van der Waals surface area contributed by atoms with E-state index in [1.165, 1.54) is 6.20 Å². The molecule has 1 rings (SSSR count). The second-order valence-corrected chi connectivity index (χ2v) is 5.23. The Labute approximate surface area is 135 Å². The molecule has 0 saturated heterocycles. The predicted octanol–water partition coefficient (Wildman–Crippen LogP) is 2.05. The highest BCUT2D eigenvalue weighted by atomic mass is 16.4. The lowest BCUT2D eigenvalue weighted by molar-refractivity contribution is -0.137. The van der Waals surface area contributed by atoms with E-state index in [2.05, 4.69) is 15.8 Å². The molecule has 0 atom stereocenters. The number of carbonyl (C=O) groups is 3. The van der Waals surface area contributed by atoms with Crippen molar-refractivity contribution in [2.24, 2.45) is 0 Å². The summed E-state index contributed by atoms with van der Waals surface area (Å²) < 4.78 is 0. The van der Waals surface area contributed by atoms with Gasteiger partial charge in [-0.3, -0.25) is 30.2 Å². The molecule has 1 aromatic rings. The van der Waals surface area contributed by atoms with Crippen molar-refractivity contribution in [3.63, 3.8) is 0 Å². The number of unbranched alkanes of at least 4 members (excludes halogenated alkanes) is 5. The van der Waals surface area contributed by atoms with Gasteiger partial charge in [0.1, 0.15) is 5.69 Å². The first-order chi connectivity index (χ1) is 11.1. The molecule has 7 heteroatoms. The van der Waals surface area contributed by atoms with Gasteiger partial charge < -0.3 is 5.11 Å². The summed E-state index contributed by atoms with van der Waals surface area (Å²) in [7, 11) is 0. The zero-order valence-electron chi connectivity index (χ0n) is 13.1. The van der Waals surface area contributed by atoms with E-state index in [0.717, 1.165) is 32.1 Å². The molecule has 3 N–H and O–H groups in total. The highest BCUT2D eigenvalue weighted by molar-refractivity contribution is 5.93. The lowest BCUT2D eigenvalue weighted by Crippen LogP contribution is -2.41. The van der Waals surface area contributed by atoms with E-state index in [1.807, 2.05) is 0 Å². The first-order valence-electron chi connectivity index (χ1n) is 7.81. The van der Waals surface area contributed by atoms with Crippen LogP contribution in [0.2, 0.25) is 0 Å². The number of hydrogen-bond donors (Lipinski definition) is 3. The molecule has 0 spiro atoms. The lowest BCUT2D eigenvalue weighted by atomic mass is 10.1. The van der Waals surface area contributed by atoms with Crippen LogP contribution in [0, 0.1) is 0 Å². The number of carboxylic acids is 1. The minimum atomic E-state index is -0.755. The van der Waals surface area contributed by atoms with Crippen LogP contribution in [-0.4, -0.2) is 27.9 Å². The molecule has 2 amide bonds. The minimum absolute atomic E-state index is 0.221. The highest BCUT2D eigenvalue weighted by Gasteiger charge is 2.07. The third-order valence-electron chi connectivity index (χ3n) is 3.26. The Morgan fingerprint density at radius 1 is 0.913 bits per heavy atom. The molecule has 0 aliphatic heterocycles. The molecule has 23 heavy (non-hydrogen) atoms. The number of amides is 2. The normalized spacial score (nSPS) is 10.1. The van der Waals surface area contributed by atoms with Crippen molar-refractivity contribution in [2.45, 2.75) is 51.4 Å². The van der Waals surface area contributed by atoms with E-state index in [1.54, 1.807) is 18.2 Å². The van der Waals surface area contributed by atoms with E-state index in [4.69, 9.17) is 5.11 Å². The van der Waals surface area contributed by atoms with Gasteiger partial charge in [0.15, 0.2) is 0 Å². The van der Waals surface area contributed by atoms with Crippen molar-refractivity contribution in [1.82, 2.24) is 15.8 Å². The van der Waals surface area contributed by atoms with Crippen molar-refractivity contribution in [1.29, 1.82) is 0 Å². The fraction of sp³-hybridized carbons (Fsp3) is 0.500. The van der Waals surface area contributed by atoms with Gasteiger partial charge in [-0.1, -0.05) is 31.7 Å². The molecule has 0 aromatic carbocycles. The first kappa shape index (κ1) is 18.6. The van der Waals surface area contributed by atoms with Crippen LogP contribution in [0.1, 0.15) is 61.9 Å². The number of aliphatic carboxylic acids is 1. The van der Waals surface area contributed by atoms with E-state index in [9.17, 15) is 14.4 Å². The number of aromatic nitrogens is 1. The fourth-order valence-electron chi connectivity index (χ4n) is 2.02. The largest absolute Gasteiger partial charge is 0.481 e. The first-order valence-corrected chi connectivity index (χ1v) is 7.81. The molecular weight excluding hydrogens is 298 g/mol. The van der Waals surface area contributed by atoms with Gasteiger partial charge >= 0.3 is 5.97 Å². The van der Waals surface area contributed by atoms with Gasteiger partial charge in [0, 0.05) is 19.0 Å². The monoisotopic (exact) mass is 321 g/mol.